The zero-order valence-corrected chi connectivity index (χ0v) is 13.8. The van der Waals surface area contributed by atoms with E-state index in [1.807, 2.05) is 4.90 Å². The van der Waals surface area contributed by atoms with Gasteiger partial charge in [0.05, 0.1) is 4.92 Å². The fraction of sp³-hybridized carbons (Fsp3) is 0.429. The summed E-state index contributed by atoms with van der Waals surface area (Å²) in [7, 11) is 0. The number of carbonyl (C=O) groups is 1. The number of rotatable bonds is 4. The highest BCUT2D eigenvalue weighted by molar-refractivity contribution is 7.13. The van der Waals surface area contributed by atoms with Crippen LogP contribution in [0.5, 0.6) is 0 Å². The van der Waals surface area contributed by atoms with E-state index in [0.29, 0.717) is 36.9 Å². The molecule has 126 valence electrons. The molecule has 1 saturated heterocycles. The standard InChI is InChI=1S/C14H16N6O3S/c1-9-2-3-11(20(22)23)12(16-9)19-6-4-10(5-7-19)13(21)17-14-18-15-8-24-14/h2-3,8,10H,4-7H2,1H3,(H,17,18,21). The van der Waals surface area contributed by atoms with Crippen molar-refractivity contribution in [3.63, 3.8) is 0 Å². The minimum absolute atomic E-state index is 0.00244. The maximum Gasteiger partial charge on any atom is 0.311 e. The first-order chi connectivity index (χ1) is 11.5. The molecule has 0 bridgehead atoms. The van der Waals surface area contributed by atoms with Gasteiger partial charge in [0.25, 0.3) is 0 Å². The zero-order valence-electron chi connectivity index (χ0n) is 13.0. The predicted molar refractivity (Wildman–Crippen MR) is 89.1 cm³/mol. The van der Waals surface area contributed by atoms with Gasteiger partial charge in [-0.3, -0.25) is 14.9 Å². The van der Waals surface area contributed by atoms with Crippen molar-refractivity contribution in [2.75, 3.05) is 23.3 Å². The van der Waals surface area contributed by atoms with E-state index in [0.717, 1.165) is 5.69 Å². The summed E-state index contributed by atoms with van der Waals surface area (Å²) >= 11 is 1.27. The largest absolute Gasteiger partial charge is 0.351 e. The smallest absolute Gasteiger partial charge is 0.311 e. The summed E-state index contributed by atoms with van der Waals surface area (Å²) in [5, 5.41) is 21.9. The molecule has 3 heterocycles. The molecule has 0 aromatic carbocycles. The van der Waals surface area contributed by atoms with E-state index in [-0.39, 0.29) is 17.5 Å². The number of amides is 1. The number of pyridine rings is 1. The summed E-state index contributed by atoms with van der Waals surface area (Å²) in [6.45, 7) is 2.90. The molecule has 0 aliphatic carbocycles. The molecule has 0 radical (unpaired) electrons. The molecule has 0 saturated carbocycles. The first-order valence-electron chi connectivity index (χ1n) is 7.48. The van der Waals surface area contributed by atoms with Gasteiger partial charge < -0.3 is 10.2 Å². The number of carbonyl (C=O) groups excluding carboxylic acids is 1. The van der Waals surface area contributed by atoms with Crippen LogP contribution in [0.1, 0.15) is 18.5 Å². The van der Waals surface area contributed by atoms with Crippen LogP contribution in [0.2, 0.25) is 0 Å². The number of aryl methyl sites for hydroxylation is 1. The van der Waals surface area contributed by atoms with Crippen LogP contribution in [0.3, 0.4) is 0 Å². The third kappa shape index (κ3) is 3.48. The van der Waals surface area contributed by atoms with Crippen LogP contribution in [0.25, 0.3) is 0 Å². The molecule has 1 aliphatic heterocycles. The summed E-state index contributed by atoms with van der Waals surface area (Å²) in [5.41, 5.74) is 2.28. The summed E-state index contributed by atoms with van der Waals surface area (Å²) in [6, 6.07) is 3.11. The third-order valence-electron chi connectivity index (χ3n) is 3.95. The second-order valence-corrected chi connectivity index (χ2v) is 6.38. The van der Waals surface area contributed by atoms with Gasteiger partial charge in [0.15, 0.2) is 0 Å². The number of piperidine rings is 1. The number of nitrogens with one attached hydrogen (secondary N) is 1. The molecule has 1 N–H and O–H groups in total. The molecule has 24 heavy (non-hydrogen) atoms. The van der Waals surface area contributed by atoms with Crippen LogP contribution < -0.4 is 10.2 Å². The van der Waals surface area contributed by atoms with Crippen molar-refractivity contribution in [2.45, 2.75) is 19.8 Å². The first-order valence-corrected chi connectivity index (χ1v) is 8.36. The number of anilines is 2. The highest BCUT2D eigenvalue weighted by atomic mass is 32.1. The highest BCUT2D eigenvalue weighted by Gasteiger charge is 2.29. The van der Waals surface area contributed by atoms with Crippen molar-refractivity contribution < 1.29 is 9.72 Å². The minimum atomic E-state index is -0.421. The molecule has 1 amide bonds. The van der Waals surface area contributed by atoms with E-state index in [4.69, 9.17) is 0 Å². The zero-order chi connectivity index (χ0) is 17.1. The molecule has 0 unspecified atom stereocenters. The Bertz CT molecular complexity index is 743. The number of nitro groups is 1. The van der Waals surface area contributed by atoms with Gasteiger partial charge in [-0.05, 0) is 25.8 Å². The van der Waals surface area contributed by atoms with Gasteiger partial charge in [-0.15, -0.1) is 10.2 Å². The fourth-order valence-electron chi connectivity index (χ4n) is 2.70. The van der Waals surface area contributed by atoms with E-state index in [1.165, 1.54) is 17.4 Å². The molecule has 10 heteroatoms. The minimum Gasteiger partial charge on any atom is -0.351 e. The monoisotopic (exact) mass is 348 g/mol. The summed E-state index contributed by atoms with van der Waals surface area (Å²) in [5.74, 6) is 0.148. The molecular weight excluding hydrogens is 332 g/mol. The number of aromatic nitrogens is 3. The molecular formula is C14H16N6O3S. The van der Waals surface area contributed by atoms with E-state index in [2.05, 4.69) is 20.5 Å². The Morgan fingerprint density at radius 3 is 2.79 bits per heavy atom. The van der Waals surface area contributed by atoms with Crippen molar-refractivity contribution in [3.05, 3.63) is 33.5 Å². The summed E-state index contributed by atoms with van der Waals surface area (Å²) in [6.07, 6.45) is 1.22. The Labute approximate surface area is 141 Å². The lowest BCUT2D eigenvalue weighted by atomic mass is 9.96. The van der Waals surface area contributed by atoms with Gasteiger partial charge in [-0.2, -0.15) is 0 Å². The SMILES string of the molecule is Cc1ccc([N+](=O)[O-])c(N2CCC(C(=O)Nc3nncs3)CC2)n1. The first kappa shape index (κ1) is 16.2. The van der Waals surface area contributed by atoms with Crippen LogP contribution >= 0.6 is 11.3 Å². The predicted octanol–water partition coefficient (Wildman–Crippen LogP) is 2.00. The normalized spacial score (nSPS) is 15.3. The van der Waals surface area contributed by atoms with Crippen LogP contribution in [0.15, 0.2) is 17.6 Å². The fourth-order valence-corrected chi connectivity index (χ4v) is 3.15. The number of nitrogens with zero attached hydrogens (tertiary/aromatic N) is 5. The molecule has 3 rings (SSSR count). The van der Waals surface area contributed by atoms with E-state index >= 15 is 0 Å². The number of hydrogen-bond donors (Lipinski definition) is 1. The van der Waals surface area contributed by atoms with Gasteiger partial charge in [-0.25, -0.2) is 4.98 Å². The topological polar surface area (TPSA) is 114 Å². The van der Waals surface area contributed by atoms with Gasteiger partial charge in [-0.1, -0.05) is 11.3 Å². The van der Waals surface area contributed by atoms with Crippen LogP contribution in [-0.2, 0) is 4.79 Å². The van der Waals surface area contributed by atoms with Crippen molar-refractivity contribution >= 4 is 33.9 Å². The van der Waals surface area contributed by atoms with Crippen molar-refractivity contribution in [3.8, 4) is 0 Å². The van der Waals surface area contributed by atoms with Gasteiger partial charge in [0.1, 0.15) is 5.51 Å². The Morgan fingerprint density at radius 1 is 1.42 bits per heavy atom. The van der Waals surface area contributed by atoms with E-state index in [1.54, 1.807) is 18.5 Å². The molecule has 1 aliphatic rings. The van der Waals surface area contributed by atoms with E-state index in [9.17, 15) is 14.9 Å². The number of hydrogen-bond acceptors (Lipinski definition) is 8. The lowest BCUT2D eigenvalue weighted by Crippen LogP contribution is -2.39. The van der Waals surface area contributed by atoms with Crippen LogP contribution in [0.4, 0.5) is 16.6 Å². The second-order valence-electron chi connectivity index (χ2n) is 5.55. The maximum absolute atomic E-state index is 12.2. The Morgan fingerprint density at radius 2 is 2.17 bits per heavy atom. The molecule has 0 atom stereocenters. The van der Waals surface area contributed by atoms with Gasteiger partial charge >= 0.3 is 5.69 Å². The Hall–Kier alpha value is -2.62. The summed E-state index contributed by atoms with van der Waals surface area (Å²) < 4.78 is 0. The van der Waals surface area contributed by atoms with Crippen LogP contribution in [-0.4, -0.2) is 39.1 Å². The highest BCUT2D eigenvalue weighted by Crippen LogP contribution is 2.30. The quantitative estimate of drug-likeness (QED) is 0.664. The van der Waals surface area contributed by atoms with Gasteiger partial charge in [0.2, 0.25) is 16.9 Å². The maximum atomic E-state index is 12.2. The van der Waals surface area contributed by atoms with Crippen molar-refractivity contribution in [1.29, 1.82) is 0 Å². The third-order valence-corrected chi connectivity index (χ3v) is 4.55. The van der Waals surface area contributed by atoms with Crippen molar-refractivity contribution in [2.24, 2.45) is 5.92 Å². The lowest BCUT2D eigenvalue weighted by molar-refractivity contribution is -0.384. The van der Waals surface area contributed by atoms with Gasteiger partial charge in [0, 0.05) is 30.8 Å². The van der Waals surface area contributed by atoms with Crippen molar-refractivity contribution in [1.82, 2.24) is 15.2 Å². The van der Waals surface area contributed by atoms with E-state index < -0.39 is 4.92 Å². The Kier molecular flexibility index (Phi) is 4.65. The molecule has 2 aromatic rings. The molecule has 2 aromatic heterocycles. The average molecular weight is 348 g/mol. The molecule has 9 nitrogen and oxygen atoms in total. The lowest BCUT2D eigenvalue weighted by Gasteiger charge is -2.31. The average Bonchev–Trinajstić information content (AvgIpc) is 3.07. The summed E-state index contributed by atoms with van der Waals surface area (Å²) in [4.78, 5) is 29.2. The molecule has 0 spiro atoms. The Balaban J connectivity index is 1.66. The molecule has 1 fully saturated rings. The second kappa shape index (κ2) is 6.87. The van der Waals surface area contributed by atoms with Crippen LogP contribution in [0, 0.1) is 23.0 Å².